The largest absolute Gasteiger partial charge is 0.303 e. The van der Waals surface area contributed by atoms with Crippen molar-refractivity contribution in [2.45, 2.75) is 25.9 Å². The van der Waals surface area contributed by atoms with Crippen LogP contribution in [0.25, 0.3) is 0 Å². The third-order valence-corrected chi connectivity index (χ3v) is 4.41. The fourth-order valence-electron chi connectivity index (χ4n) is 2.26. The molecule has 2 rings (SSSR count). The monoisotopic (exact) mass is 389 g/mol. The van der Waals surface area contributed by atoms with Gasteiger partial charge in [0.25, 0.3) is 0 Å². The minimum atomic E-state index is -0.237. The lowest BCUT2D eigenvalue weighted by Crippen LogP contribution is -2.23. The first-order valence-electron chi connectivity index (χ1n) is 6.54. The molecule has 0 spiro atoms. The topological polar surface area (TPSA) is 12.0 Å². The first-order valence-corrected chi connectivity index (χ1v) is 8.09. The van der Waals surface area contributed by atoms with E-state index in [1.165, 1.54) is 6.07 Å². The van der Waals surface area contributed by atoms with Gasteiger partial charge < -0.3 is 5.32 Å². The molecule has 0 radical (unpaired) electrons. The van der Waals surface area contributed by atoms with Crippen LogP contribution in [-0.2, 0) is 0 Å². The Kier molecular flexibility index (Phi) is 5.67. The maximum absolute atomic E-state index is 14.0. The van der Waals surface area contributed by atoms with Crippen LogP contribution in [0.1, 0.15) is 37.1 Å². The predicted molar refractivity (Wildman–Crippen MR) is 90.5 cm³/mol. The van der Waals surface area contributed by atoms with Crippen molar-refractivity contribution in [3.05, 3.63) is 67.9 Å². The summed E-state index contributed by atoms with van der Waals surface area (Å²) in [6.45, 7) is 3.91. The van der Waals surface area contributed by atoms with Crippen molar-refractivity contribution < 1.29 is 4.39 Å². The lowest BCUT2D eigenvalue weighted by Gasteiger charge is -2.22. The normalized spacial score (nSPS) is 14.0. The molecule has 21 heavy (non-hydrogen) atoms. The van der Waals surface area contributed by atoms with Crippen molar-refractivity contribution in [3.63, 3.8) is 0 Å². The Morgan fingerprint density at radius 3 is 2.24 bits per heavy atom. The smallest absolute Gasteiger partial charge is 0.129 e. The Bertz CT molecular complexity index is 593. The minimum absolute atomic E-state index is 0.0205. The third kappa shape index (κ3) is 4.19. The van der Waals surface area contributed by atoms with Gasteiger partial charge in [-0.05, 0) is 43.7 Å². The van der Waals surface area contributed by atoms with E-state index in [9.17, 15) is 4.39 Å². The van der Waals surface area contributed by atoms with Crippen molar-refractivity contribution in [3.8, 4) is 0 Å². The molecule has 0 bridgehead atoms. The summed E-state index contributed by atoms with van der Waals surface area (Å²) in [5, 5.41) is 4.55. The summed E-state index contributed by atoms with van der Waals surface area (Å²) >= 11 is 15.4. The molecule has 0 aliphatic heterocycles. The van der Waals surface area contributed by atoms with E-state index in [0.717, 1.165) is 10.0 Å². The summed E-state index contributed by atoms with van der Waals surface area (Å²) in [4.78, 5) is 0. The highest BCUT2D eigenvalue weighted by Crippen LogP contribution is 2.29. The Balaban J connectivity index is 2.16. The molecule has 1 N–H and O–H groups in total. The molecule has 2 aromatic rings. The Labute approximate surface area is 142 Å². The van der Waals surface area contributed by atoms with Gasteiger partial charge in [0, 0.05) is 32.2 Å². The van der Waals surface area contributed by atoms with Gasteiger partial charge in [-0.1, -0.05) is 51.3 Å². The molecule has 2 atom stereocenters. The zero-order chi connectivity index (χ0) is 15.6. The van der Waals surface area contributed by atoms with Gasteiger partial charge >= 0.3 is 0 Å². The molecule has 0 aliphatic rings. The standard InChI is InChI=1S/C16H15BrCl2FN/c1-9(13-6-4-12(18)8-15(13)19)21-10(2)14-5-3-11(17)7-16(14)20/h3-10,21H,1-2H3. The molecular weight excluding hydrogens is 376 g/mol. The second-order valence-corrected chi connectivity index (χ2v) is 6.70. The van der Waals surface area contributed by atoms with Gasteiger partial charge in [0.15, 0.2) is 0 Å². The van der Waals surface area contributed by atoms with E-state index in [4.69, 9.17) is 23.2 Å². The second kappa shape index (κ2) is 7.10. The van der Waals surface area contributed by atoms with Crippen LogP contribution in [0, 0.1) is 5.82 Å². The van der Waals surface area contributed by atoms with Crippen molar-refractivity contribution in [1.82, 2.24) is 5.32 Å². The summed E-state index contributed by atoms with van der Waals surface area (Å²) in [6.07, 6.45) is 0. The van der Waals surface area contributed by atoms with Crippen LogP contribution < -0.4 is 5.32 Å². The van der Waals surface area contributed by atoms with Gasteiger partial charge in [0.1, 0.15) is 5.82 Å². The zero-order valence-electron chi connectivity index (χ0n) is 11.6. The predicted octanol–water partition coefficient (Wildman–Crippen LogP) is 6.31. The molecule has 0 saturated heterocycles. The van der Waals surface area contributed by atoms with Gasteiger partial charge in [-0.3, -0.25) is 0 Å². The molecule has 5 heteroatoms. The SMILES string of the molecule is CC(NC(C)c1ccc(Cl)cc1Cl)c1ccc(Br)cc1F. The minimum Gasteiger partial charge on any atom is -0.303 e. The van der Waals surface area contributed by atoms with Crippen LogP contribution >= 0.6 is 39.1 Å². The maximum atomic E-state index is 14.0. The first kappa shape index (κ1) is 16.8. The van der Waals surface area contributed by atoms with E-state index < -0.39 is 0 Å². The van der Waals surface area contributed by atoms with Gasteiger partial charge in [-0.25, -0.2) is 4.39 Å². The van der Waals surface area contributed by atoms with Crippen LogP contribution in [0.3, 0.4) is 0 Å². The third-order valence-electron chi connectivity index (χ3n) is 3.36. The van der Waals surface area contributed by atoms with Crippen molar-refractivity contribution in [2.75, 3.05) is 0 Å². The molecule has 0 aliphatic carbocycles. The fourth-order valence-corrected chi connectivity index (χ4v) is 3.17. The maximum Gasteiger partial charge on any atom is 0.129 e. The van der Waals surface area contributed by atoms with Gasteiger partial charge in [0.05, 0.1) is 0 Å². The number of benzene rings is 2. The van der Waals surface area contributed by atoms with Crippen LogP contribution in [0.2, 0.25) is 10.0 Å². The average Bonchev–Trinajstić information content (AvgIpc) is 2.37. The highest BCUT2D eigenvalue weighted by atomic mass is 79.9. The van der Waals surface area contributed by atoms with E-state index in [1.54, 1.807) is 18.2 Å². The lowest BCUT2D eigenvalue weighted by atomic mass is 10.0. The summed E-state index contributed by atoms with van der Waals surface area (Å²) in [6, 6.07) is 10.3. The number of hydrogen-bond acceptors (Lipinski definition) is 1. The summed E-state index contributed by atoms with van der Waals surface area (Å²) in [7, 11) is 0. The van der Waals surface area contributed by atoms with Crippen LogP contribution in [-0.4, -0.2) is 0 Å². The molecule has 112 valence electrons. The lowest BCUT2D eigenvalue weighted by molar-refractivity contribution is 0.474. The Morgan fingerprint density at radius 2 is 1.62 bits per heavy atom. The highest BCUT2D eigenvalue weighted by molar-refractivity contribution is 9.10. The molecule has 0 amide bonds. The quantitative estimate of drug-likeness (QED) is 0.645. The summed E-state index contributed by atoms with van der Waals surface area (Å²) in [5.74, 6) is -0.237. The zero-order valence-corrected chi connectivity index (χ0v) is 14.7. The van der Waals surface area contributed by atoms with Crippen molar-refractivity contribution in [1.29, 1.82) is 0 Å². The van der Waals surface area contributed by atoms with Gasteiger partial charge in [0.2, 0.25) is 0 Å². The molecule has 2 unspecified atom stereocenters. The van der Waals surface area contributed by atoms with E-state index in [2.05, 4.69) is 21.2 Å². The van der Waals surface area contributed by atoms with Crippen molar-refractivity contribution in [2.24, 2.45) is 0 Å². The van der Waals surface area contributed by atoms with Gasteiger partial charge in [-0.15, -0.1) is 0 Å². The summed E-state index contributed by atoms with van der Waals surface area (Å²) in [5.41, 5.74) is 1.56. The molecule has 0 saturated carbocycles. The fraction of sp³-hybridized carbons (Fsp3) is 0.250. The molecule has 1 nitrogen and oxygen atoms in total. The van der Waals surface area contributed by atoms with Crippen LogP contribution in [0.4, 0.5) is 4.39 Å². The molecule has 0 aromatic heterocycles. The number of halogens is 4. The van der Waals surface area contributed by atoms with E-state index >= 15 is 0 Å². The molecular formula is C16H15BrCl2FN. The number of nitrogens with one attached hydrogen (secondary N) is 1. The van der Waals surface area contributed by atoms with Crippen LogP contribution in [0.5, 0.6) is 0 Å². The van der Waals surface area contributed by atoms with E-state index in [0.29, 0.717) is 15.6 Å². The van der Waals surface area contributed by atoms with E-state index in [1.807, 2.05) is 26.0 Å². The number of rotatable bonds is 4. The van der Waals surface area contributed by atoms with Gasteiger partial charge in [-0.2, -0.15) is 0 Å². The second-order valence-electron chi connectivity index (χ2n) is 4.94. The molecule has 2 aromatic carbocycles. The van der Waals surface area contributed by atoms with Crippen molar-refractivity contribution >= 4 is 39.1 Å². The number of hydrogen-bond donors (Lipinski definition) is 1. The molecule has 0 heterocycles. The highest BCUT2D eigenvalue weighted by Gasteiger charge is 2.16. The van der Waals surface area contributed by atoms with E-state index in [-0.39, 0.29) is 17.9 Å². The Hall–Kier alpha value is -0.610. The Morgan fingerprint density at radius 1 is 1.00 bits per heavy atom. The summed E-state index contributed by atoms with van der Waals surface area (Å²) < 4.78 is 14.7. The average molecular weight is 391 g/mol. The molecule has 0 fully saturated rings. The first-order chi connectivity index (χ1) is 9.88. The van der Waals surface area contributed by atoms with Crippen LogP contribution in [0.15, 0.2) is 40.9 Å².